The number of benzene rings is 1. The fourth-order valence-electron chi connectivity index (χ4n) is 4.01. The van der Waals surface area contributed by atoms with Crippen LogP contribution in [-0.2, 0) is 10.3 Å². The monoisotopic (exact) mass is 465 g/mol. The molecule has 4 rings (SSSR count). The summed E-state index contributed by atoms with van der Waals surface area (Å²) in [5.74, 6) is -0.726. The Morgan fingerprint density at radius 1 is 1.18 bits per heavy atom. The summed E-state index contributed by atoms with van der Waals surface area (Å²) >= 11 is 5.67. The summed E-state index contributed by atoms with van der Waals surface area (Å²) in [6.45, 7) is 6.83. The molecule has 0 aliphatic carbocycles. The van der Waals surface area contributed by atoms with Gasteiger partial charge in [0.25, 0.3) is 0 Å². The van der Waals surface area contributed by atoms with Gasteiger partial charge < -0.3 is 20.1 Å². The van der Waals surface area contributed by atoms with Gasteiger partial charge in [0, 0.05) is 37.1 Å². The Balaban J connectivity index is 1.57. The second-order valence-electron chi connectivity index (χ2n) is 9.12. The highest BCUT2D eigenvalue weighted by atomic mass is 32.1. The Hall–Kier alpha value is -3.26. The number of pyridine rings is 1. The van der Waals surface area contributed by atoms with Crippen LogP contribution < -0.4 is 10.6 Å². The van der Waals surface area contributed by atoms with Gasteiger partial charge >= 0.3 is 0 Å². The largest absolute Gasteiger partial charge is 0.352 e. The molecular formula is C25H28FN5OS. The number of rotatable bonds is 6. The van der Waals surface area contributed by atoms with E-state index in [-0.39, 0.29) is 35.6 Å². The number of para-hydroxylation sites is 1. The van der Waals surface area contributed by atoms with Crippen LogP contribution in [0.5, 0.6) is 0 Å². The molecule has 1 aromatic carbocycles. The molecule has 1 aliphatic heterocycles. The number of hydrogen-bond donors (Lipinski definition) is 2. The first kappa shape index (κ1) is 22.9. The second-order valence-corrected chi connectivity index (χ2v) is 9.51. The number of thiocarbonyl (C=S) groups is 1. The van der Waals surface area contributed by atoms with Crippen molar-refractivity contribution in [1.29, 1.82) is 0 Å². The third-order valence-electron chi connectivity index (χ3n) is 5.76. The van der Waals surface area contributed by atoms with E-state index in [0.29, 0.717) is 11.7 Å². The molecule has 1 aliphatic rings. The molecule has 1 fully saturated rings. The van der Waals surface area contributed by atoms with E-state index >= 15 is 0 Å². The van der Waals surface area contributed by atoms with Crippen molar-refractivity contribution in [3.63, 3.8) is 0 Å². The van der Waals surface area contributed by atoms with Crippen LogP contribution in [0.3, 0.4) is 0 Å². The van der Waals surface area contributed by atoms with Gasteiger partial charge in [0.15, 0.2) is 5.11 Å². The van der Waals surface area contributed by atoms with Crippen LogP contribution in [0.1, 0.15) is 50.5 Å². The van der Waals surface area contributed by atoms with E-state index in [1.807, 2.05) is 23.1 Å². The standard InChI is InChI=1S/C25H28FN5OS/c1-25(2,3)30-14-11-17(16-30)23-22(20-10-6-7-13-27-20)29-24(33)31(23)15-12-21(32)28-19-9-5-4-8-18(19)26/h4-11,13-14,16,22-23H,12,15H2,1-3H3,(H,28,32)(H,29,33)/t22-,23-/m0/s1. The van der Waals surface area contributed by atoms with Gasteiger partial charge in [-0.1, -0.05) is 18.2 Å². The summed E-state index contributed by atoms with van der Waals surface area (Å²) in [5, 5.41) is 6.61. The van der Waals surface area contributed by atoms with E-state index in [1.54, 1.807) is 24.4 Å². The van der Waals surface area contributed by atoms with E-state index in [4.69, 9.17) is 12.2 Å². The van der Waals surface area contributed by atoms with Crippen LogP contribution in [0, 0.1) is 5.82 Å². The minimum absolute atomic E-state index is 0.0598. The number of hydrogen-bond acceptors (Lipinski definition) is 3. The van der Waals surface area contributed by atoms with Crippen LogP contribution in [0.2, 0.25) is 0 Å². The van der Waals surface area contributed by atoms with E-state index in [9.17, 15) is 9.18 Å². The molecule has 3 heterocycles. The number of aromatic nitrogens is 2. The molecule has 0 saturated carbocycles. The zero-order chi connectivity index (χ0) is 23.6. The van der Waals surface area contributed by atoms with Crippen molar-refractivity contribution in [3.8, 4) is 0 Å². The molecule has 8 heteroatoms. The summed E-state index contributed by atoms with van der Waals surface area (Å²) in [6, 6.07) is 13.8. The van der Waals surface area contributed by atoms with Crippen molar-refractivity contribution in [2.45, 2.75) is 44.8 Å². The van der Waals surface area contributed by atoms with Crippen molar-refractivity contribution < 1.29 is 9.18 Å². The predicted molar refractivity (Wildman–Crippen MR) is 131 cm³/mol. The molecule has 2 aromatic heterocycles. The number of carbonyl (C=O) groups excluding carboxylic acids is 1. The maximum absolute atomic E-state index is 13.9. The molecular weight excluding hydrogens is 437 g/mol. The Kier molecular flexibility index (Phi) is 6.47. The second kappa shape index (κ2) is 9.31. The van der Waals surface area contributed by atoms with E-state index in [2.05, 4.69) is 59.4 Å². The van der Waals surface area contributed by atoms with Gasteiger partial charge in [-0.15, -0.1) is 0 Å². The van der Waals surface area contributed by atoms with Crippen LogP contribution in [0.25, 0.3) is 0 Å². The quantitative estimate of drug-likeness (QED) is 0.513. The Morgan fingerprint density at radius 3 is 2.61 bits per heavy atom. The predicted octanol–water partition coefficient (Wildman–Crippen LogP) is 4.78. The molecule has 6 nitrogen and oxygen atoms in total. The highest BCUT2D eigenvalue weighted by Gasteiger charge is 2.40. The lowest BCUT2D eigenvalue weighted by molar-refractivity contribution is -0.116. The first-order valence-electron chi connectivity index (χ1n) is 10.9. The van der Waals surface area contributed by atoms with Crippen molar-refractivity contribution in [1.82, 2.24) is 19.8 Å². The number of carbonyl (C=O) groups is 1. The minimum atomic E-state index is -0.458. The Labute approximate surface area is 198 Å². The van der Waals surface area contributed by atoms with Crippen molar-refractivity contribution >= 4 is 28.9 Å². The van der Waals surface area contributed by atoms with Gasteiger partial charge in [-0.3, -0.25) is 9.78 Å². The number of nitrogens with one attached hydrogen (secondary N) is 2. The first-order valence-corrected chi connectivity index (χ1v) is 11.4. The lowest BCUT2D eigenvalue weighted by Gasteiger charge is -2.27. The molecule has 2 atom stereocenters. The molecule has 33 heavy (non-hydrogen) atoms. The number of anilines is 1. The molecule has 3 aromatic rings. The Bertz CT molecular complexity index is 1140. The molecule has 1 amide bonds. The minimum Gasteiger partial charge on any atom is -0.352 e. The molecule has 0 bridgehead atoms. The van der Waals surface area contributed by atoms with Gasteiger partial charge in [-0.25, -0.2) is 4.39 Å². The zero-order valence-electron chi connectivity index (χ0n) is 19.0. The fourth-order valence-corrected chi connectivity index (χ4v) is 4.34. The lowest BCUT2D eigenvalue weighted by Crippen LogP contribution is -2.32. The van der Waals surface area contributed by atoms with Gasteiger partial charge in [-0.05, 0) is 68.9 Å². The van der Waals surface area contributed by atoms with Gasteiger partial charge in [-0.2, -0.15) is 0 Å². The van der Waals surface area contributed by atoms with Crippen LogP contribution in [0.4, 0.5) is 10.1 Å². The van der Waals surface area contributed by atoms with Crippen LogP contribution in [-0.4, -0.2) is 32.0 Å². The molecule has 172 valence electrons. The molecule has 0 spiro atoms. The third-order valence-corrected chi connectivity index (χ3v) is 6.11. The van der Waals surface area contributed by atoms with Gasteiger partial charge in [0.05, 0.1) is 23.5 Å². The molecule has 0 unspecified atom stereocenters. The van der Waals surface area contributed by atoms with Crippen molar-refractivity contribution in [2.75, 3.05) is 11.9 Å². The average molecular weight is 466 g/mol. The summed E-state index contributed by atoms with van der Waals surface area (Å²) < 4.78 is 16.1. The van der Waals surface area contributed by atoms with E-state index in [0.717, 1.165) is 11.3 Å². The van der Waals surface area contributed by atoms with Gasteiger partial charge in [0.1, 0.15) is 5.82 Å². The van der Waals surface area contributed by atoms with Crippen LogP contribution in [0.15, 0.2) is 67.1 Å². The third kappa shape index (κ3) is 5.06. The average Bonchev–Trinajstić information content (AvgIpc) is 3.39. The zero-order valence-corrected chi connectivity index (χ0v) is 19.8. The number of amides is 1. The smallest absolute Gasteiger partial charge is 0.226 e. The SMILES string of the molecule is CC(C)(C)n1ccc([C@H]2[C@H](c3ccccn3)NC(=S)N2CCC(=O)Nc2ccccc2F)c1. The highest BCUT2D eigenvalue weighted by molar-refractivity contribution is 7.80. The maximum Gasteiger partial charge on any atom is 0.226 e. The number of nitrogens with zero attached hydrogens (tertiary/aromatic N) is 3. The summed E-state index contributed by atoms with van der Waals surface area (Å²) in [4.78, 5) is 19.1. The van der Waals surface area contributed by atoms with E-state index in [1.165, 1.54) is 6.07 Å². The highest BCUT2D eigenvalue weighted by Crippen LogP contribution is 2.39. The maximum atomic E-state index is 13.9. The topological polar surface area (TPSA) is 62.2 Å². The van der Waals surface area contributed by atoms with Crippen molar-refractivity contribution in [3.05, 3.63) is 84.2 Å². The fraction of sp³-hybridized carbons (Fsp3) is 0.320. The molecule has 1 saturated heterocycles. The summed E-state index contributed by atoms with van der Waals surface area (Å²) in [6.07, 6.45) is 6.13. The number of halogens is 1. The summed E-state index contributed by atoms with van der Waals surface area (Å²) in [5.41, 5.74) is 2.08. The summed E-state index contributed by atoms with van der Waals surface area (Å²) in [7, 11) is 0. The van der Waals surface area contributed by atoms with Gasteiger partial charge in [0.2, 0.25) is 5.91 Å². The van der Waals surface area contributed by atoms with Crippen LogP contribution >= 0.6 is 12.2 Å². The molecule has 0 radical (unpaired) electrons. The normalized spacial score (nSPS) is 18.3. The van der Waals surface area contributed by atoms with Crippen molar-refractivity contribution in [2.24, 2.45) is 0 Å². The molecule has 2 N–H and O–H groups in total. The first-order chi connectivity index (χ1) is 15.7. The lowest BCUT2D eigenvalue weighted by atomic mass is 9.99. The Morgan fingerprint density at radius 2 is 1.94 bits per heavy atom. The van der Waals surface area contributed by atoms with E-state index < -0.39 is 5.82 Å².